The van der Waals surface area contributed by atoms with E-state index in [-0.39, 0.29) is 0 Å². The van der Waals surface area contributed by atoms with Gasteiger partial charge in [-0.15, -0.1) is 0 Å². The van der Waals surface area contributed by atoms with Crippen LogP contribution in [0.15, 0.2) is 0 Å². The first-order valence-electron chi connectivity index (χ1n) is 8.04. The second kappa shape index (κ2) is 7.46. The number of hydrogen-bond acceptors (Lipinski definition) is 3. The van der Waals surface area contributed by atoms with Gasteiger partial charge in [-0.25, -0.2) is 0 Å². The van der Waals surface area contributed by atoms with E-state index in [0.29, 0.717) is 0 Å². The molecule has 2 aliphatic rings. The molecule has 3 heteroatoms. The van der Waals surface area contributed by atoms with Crippen LogP contribution in [0.4, 0.5) is 0 Å². The lowest BCUT2D eigenvalue weighted by molar-refractivity contribution is 0.274. The van der Waals surface area contributed by atoms with Gasteiger partial charge in [-0.1, -0.05) is 20.3 Å². The SMILES string of the molecule is CCN(CC)CCNC1CCCC1C1CCCN1. The Morgan fingerprint density at radius 3 is 2.61 bits per heavy atom. The minimum atomic E-state index is 0.774. The quantitative estimate of drug-likeness (QED) is 0.725. The van der Waals surface area contributed by atoms with Crippen LogP contribution in [0.5, 0.6) is 0 Å². The van der Waals surface area contributed by atoms with Crippen LogP contribution in [0.1, 0.15) is 46.0 Å². The van der Waals surface area contributed by atoms with Gasteiger partial charge >= 0.3 is 0 Å². The van der Waals surface area contributed by atoms with E-state index < -0.39 is 0 Å². The van der Waals surface area contributed by atoms with Crippen LogP contribution >= 0.6 is 0 Å². The topological polar surface area (TPSA) is 27.3 Å². The second-order valence-electron chi connectivity index (χ2n) is 5.89. The predicted octanol–water partition coefficient (Wildman–Crippen LogP) is 1.84. The highest BCUT2D eigenvalue weighted by Gasteiger charge is 2.34. The average Bonchev–Trinajstić information content (AvgIpc) is 3.04. The molecule has 2 fully saturated rings. The summed E-state index contributed by atoms with van der Waals surface area (Å²) in [4.78, 5) is 2.50. The molecule has 3 nitrogen and oxygen atoms in total. The Bertz CT molecular complexity index is 222. The van der Waals surface area contributed by atoms with E-state index in [1.165, 1.54) is 58.3 Å². The third-order valence-corrected chi connectivity index (χ3v) is 4.91. The van der Waals surface area contributed by atoms with Gasteiger partial charge in [-0.3, -0.25) is 0 Å². The van der Waals surface area contributed by atoms with Crippen molar-refractivity contribution in [1.82, 2.24) is 15.5 Å². The van der Waals surface area contributed by atoms with Crippen LogP contribution in [0.3, 0.4) is 0 Å². The molecule has 1 aliphatic carbocycles. The molecule has 18 heavy (non-hydrogen) atoms. The van der Waals surface area contributed by atoms with Gasteiger partial charge in [0.05, 0.1) is 0 Å². The number of nitrogens with one attached hydrogen (secondary N) is 2. The fraction of sp³-hybridized carbons (Fsp3) is 1.00. The first kappa shape index (κ1) is 14.3. The average molecular weight is 253 g/mol. The molecule has 0 aromatic carbocycles. The van der Waals surface area contributed by atoms with Gasteiger partial charge in [-0.2, -0.15) is 0 Å². The van der Waals surface area contributed by atoms with Crippen molar-refractivity contribution in [3.05, 3.63) is 0 Å². The molecular formula is C15H31N3. The van der Waals surface area contributed by atoms with Crippen LogP contribution in [-0.4, -0.2) is 49.7 Å². The summed E-state index contributed by atoms with van der Waals surface area (Å²) in [7, 11) is 0. The highest BCUT2D eigenvalue weighted by Crippen LogP contribution is 2.31. The standard InChI is InChI=1S/C15H31N3/c1-3-18(4-2)12-11-17-14-8-5-7-13(14)15-9-6-10-16-15/h13-17H,3-12H2,1-2H3. The van der Waals surface area contributed by atoms with Crippen molar-refractivity contribution in [1.29, 1.82) is 0 Å². The normalized spacial score (nSPS) is 32.5. The van der Waals surface area contributed by atoms with Gasteiger partial charge in [0.1, 0.15) is 0 Å². The zero-order valence-electron chi connectivity index (χ0n) is 12.3. The van der Waals surface area contributed by atoms with Crippen molar-refractivity contribution in [2.75, 3.05) is 32.7 Å². The van der Waals surface area contributed by atoms with Crippen molar-refractivity contribution in [2.45, 2.75) is 58.0 Å². The number of nitrogens with zero attached hydrogens (tertiary/aromatic N) is 1. The molecule has 1 heterocycles. The van der Waals surface area contributed by atoms with Crippen LogP contribution in [0, 0.1) is 5.92 Å². The van der Waals surface area contributed by atoms with E-state index >= 15 is 0 Å². The van der Waals surface area contributed by atoms with E-state index in [1.807, 2.05) is 0 Å². The monoisotopic (exact) mass is 253 g/mol. The summed E-state index contributed by atoms with van der Waals surface area (Å²) < 4.78 is 0. The fourth-order valence-corrected chi connectivity index (χ4v) is 3.75. The predicted molar refractivity (Wildman–Crippen MR) is 77.9 cm³/mol. The maximum absolute atomic E-state index is 3.83. The Hall–Kier alpha value is -0.120. The molecule has 2 rings (SSSR count). The second-order valence-corrected chi connectivity index (χ2v) is 5.89. The van der Waals surface area contributed by atoms with Gasteiger partial charge in [0.2, 0.25) is 0 Å². The van der Waals surface area contributed by atoms with E-state index in [2.05, 4.69) is 29.4 Å². The highest BCUT2D eigenvalue weighted by atomic mass is 15.1. The minimum Gasteiger partial charge on any atom is -0.314 e. The van der Waals surface area contributed by atoms with Gasteiger partial charge in [0.15, 0.2) is 0 Å². The molecule has 2 N–H and O–H groups in total. The molecule has 1 aliphatic heterocycles. The minimum absolute atomic E-state index is 0.774. The largest absolute Gasteiger partial charge is 0.314 e. The summed E-state index contributed by atoms with van der Waals surface area (Å²) in [6.45, 7) is 10.5. The Balaban J connectivity index is 1.70. The lowest BCUT2D eigenvalue weighted by Gasteiger charge is -2.28. The molecule has 0 bridgehead atoms. The molecule has 3 atom stereocenters. The maximum atomic E-state index is 3.83. The highest BCUT2D eigenvalue weighted by molar-refractivity contribution is 4.93. The molecule has 0 amide bonds. The van der Waals surface area contributed by atoms with E-state index in [4.69, 9.17) is 0 Å². The molecule has 0 radical (unpaired) electrons. The Morgan fingerprint density at radius 2 is 1.94 bits per heavy atom. The number of likely N-dealkylation sites (N-methyl/N-ethyl adjacent to an activating group) is 1. The van der Waals surface area contributed by atoms with Crippen molar-refractivity contribution < 1.29 is 0 Å². The van der Waals surface area contributed by atoms with Crippen molar-refractivity contribution in [3.8, 4) is 0 Å². The van der Waals surface area contributed by atoms with Crippen molar-refractivity contribution >= 4 is 0 Å². The molecule has 0 aromatic rings. The molecular weight excluding hydrogens is 222 g/mol. The molecule has 3 unspecified atom stereocenters. The van der Waals surface area contributed by atoms with Crippen LogP contribution < -0.4 is 10.6 Å². The van der Waals surface area contributed by atoms with Crippen molar-refractivity contribution in [2.24, 2.45) is 5.92 Å². The summed E-state index contributed by atoms with van der Waals surface area (Å²) in [5, 5.41) is 7.53. The van der Waals surface area contributed by atoms with Gasteiger partial charge in [-0.05, 0) is 51.2 Å². The number of rotatable bonds is 7. The molecule has 0 spiro atoms. The zero-order chi connectivity index (χ0) is 12.8. The lowest BCUT2D eigenvalue weighted by atomic mass is 9.93. The van der Waals surface area contributed by atoms with Crippen LogP contribution in [0.2, 0.25) is 0 Å². The summed E-state index contributed by atoms with van der Waals surface area (Å²) in [6, 6.07) is 1.58. The zero-order valence-corrected chi connectivity index (χ0v) is 12.3. The van der Waals surface area contributed by atoms with E-state index in [9.17, 15) is 0 Å². The van der Waals surface area contributed by atoms with Gasteiger partial charge in [0, 0.05) is 25.2 Å². The molecule has 106 valence electrons. The van der Waals surface area contributed by atoms with Gasteiger partial charge < -0.3 is 15.5 Å². The summed E-state index contributed by atoms with van der Waals surface area (Å²) in [5.74, 6) is 0.893. The first-order chi connectivity index (χ1) is 8.85. The van der Waals surface area contributed by atoms with E-state index in [0.717, 1.165) is 24.5 Å². The third kappa shape index (κ3) is 3.69. The Morgan fingerprint density at radius 1 is 1.11 bits per heavy atom. The number of hydrogen-bond donors (Lipinski definition) is 2. The summed E-state index contributed by atoms with van der Waals surface area (Å²) >= 11 is 0. The molecule has 1 saturated heterocycles. The van der Waals surface area contributed by atoms with Crippen molar-refractivity contribution in [3.63, 3.8) is 0 Å². The lowest BCUT2D eigenvalue weighted by Crippen LogP contribution is -2.44. The first-order valence-corrected chi connectivity index (χ1v) is 8.04. The van der Waals surface area contributed by atoms with Crippen LogP contribution in [0.25, 0.3) is 0 Å². The molecule has 0 aromatic heterocycles. The smallest absolute Gasteiger partial charge is 0.0111 e. The van der Waals surface area contributed by atoms with Gasteiger partial charge in [0.25, 0.3) is 0 Å². The Labute approximate surface area is 113 Å². The summed E-state index contributed by atoms with van der Waals surface area (Å²) in [6.07, 6.45) is 7.03. The maximum Gasteiger partial charge on any atom is 0.0111 e. The van der Waals surface area contributed by atoms with Crippen LogP contribution in [-0.2, 0) is 0 Å². The van der Waals surface area contributed by atoms with E-state index in [1.54, 1.807) is 0 Å². The third-order valence-electron chi connectivity index (χ3n) is 4.91. The molecule has 1 saturated carbocycles. The fourth-order valence-electron chi connectivity index (χ4n) is 3.75. The summed E-state index contributed by atoms with van der Waals surface area (Å²) in [5.41, 5.74) is 0. The Kier molecular flexibility index (Phi) is 5.93.